The fourth-order valence-corrected chi connectivity index (χ4v) is 4.28. The SMILES string of the molecule is O=S(=O)(/C=C/c1ccccc1)N1CCN(Cc2cc(-c3ccco3)on2)CC1. The first-order chi connectivity index (χ1) is 13.6. The lowest BCUT2D eigenvalue weighted by Crippen LogP contribution is -2.47. The molecule has 2 aromatic heterocycles. The van der Waals surface area contributed by atoms with Crippen molar-refractivity contribution in [3.8, 4) is 11.5 Å². The van der Waals surface area contributed by atoms with Gasteiger partial charge >= 0.3 is 0 Å². The maximum Gasteiger partial charge on any atom is 0.236 e. The minimum atomic E-state index is -3.42. The summed E-state index contributed by atoms with van der Waals surface area (Å²) in [5.41, 5.74) is 1.66. The van der Waals surface area contributed by atoms with Gasteiger partial charge in [0.25, 0.3) is 0 Å². The van der Waals surface area contributed by atoms with E-state index < -0.39 is 10.0 Å². The maximum absolute atomic E-state index is 12.5. The van der Waals surface area contributed by atoms with Crippen molar-refractivity contribution in [2.24, 2.45) is 0 Å². The van der Waals surface area contributed by atoms with Gasteiger partial charge < -0.3 is 8.94 Å². The zero-order chi connectivity index (χ0) is 19.4. The average molecular weight is 399 g/mol. The van der Waals surface area contributed by atoms with E-state index in [4.69, 9.17) is 8.94 Å². The van der Waals surface area contributed by atoms with Gasteiger partial charge in [-0.3, -0.25) is 4.90 Å². The molecule has 1 saturated heterocycles. The third kappa shape index (κ3) is 4.41. The molecule has 0 bridgehead atoms. The van der Waals surface area contributed by atoms with Crippen LogP contribution in [0.5, 0.6) is 0 Å². The average Bonchev–Trinajstić information content (AvgIpc) is 3.40. The van der Waals surface area contributed by atoms with Crippen LogP contribution in [0.25, 0.3) is 17.6 Å². The molecule has 0 spiro atoms. The summed E-state index contributed by atoms with van der Waals surface area (Å²) in [6.07, 6.45) is 3.22. The van der Waals surface area contributed by atoms with Gasteiger partial charge in [-0.2, -0.15) is 4.31 Å². The van der Waals surface area contributed by atoms with Crippen LogP contribution < -0.4 is 0 Å². The number of hydrogen-bond donors (Lipinski definition) is 0. The number of nitrogens with zero attached hydrogens (tertiary/aromatic N) is 3. The summed E-state index contributed by atoms with van der Waals surface area (Å²) in [7, 11) is -3.42. The van der Waals surface area contributed by atoms with E-state index in [2.05, 4.69) is 10.1 Å². The molecule has 28 heavy (non-hydrogen) atoms. The zero-order valence-electron chi connectivity index (χ0n) is 15.3. The number of rotatable bonds is 6. The Labute approximate surface area is 163 Å². The van der Waals surface area contributed by atoms with Gasteiger partial charge in [0.2, 0.25) is 15.8 Å². The van der Waals surface area contributed by atoms with E-state index >= 15 is 0 Å². The highest BCUT2D eigenvalue weighted by molar-refractivity contribution is 7.92. The molecular formula is C20H21N3O4S. The molecule has 146 valence electrons. The maximum atomic E-state index is 12.5. The molecular weight excluding hydrogens is 378 g/mol. The first kappa shape index (κ1) is 18.7. The van der Waals surface area contributed by atoms with E-state index in [0.29, 0.717) is 44.2 Å². The van der Waals surface area contributed by atoms with Gasteiger partial charge in [0, 0.05) is 44.2 Å². The van der Waals surface area contributed by atoms with Gasteiger partial charge in [-0.25, -0.2) is 8.42 Å². The molecule has 8 heteroatoms. The van der Waals surface area contributed by atoms with Crippen LogP contribution in [0.3, 0.4) is 0 Å². The van der Waals surface area contributed by atoms with Crippen molar-refractivity contribution >= 4 is 16.1 Å². The topological polar surface area (TPSA) is 79.8 Å². The fraction of sp³-hybridized carbons (Fsp3) is 0.250. The molecule has 7 nitrogen and oxygen atoms in total. The number of sulfonamides is 1. The number of aromatic nitrogens is 1. The third-order valence-corrected chi connectivity index (χ3v) is 6.20. The second-order valence-electron chi connectivity index (χ2n) is 6.59. The molecule has 3 heterocycles. The molecule has 3 aromatic rings. The van der Waals surface area contributed by atoms with Gasteiger partial charge in [-0.1, -0.05) is 35.5 Å². The monoisotopic (exact) mass is 399 g/mol. The highest BCUT2D eigenvalue weighted by atomic mass is 32.2. The standard InChI is InChI=1S/C20H21N3O4S/c24-28(25,14-8-17-5-2-1-3-6-17)23-11-9-22(10-12-23)16-18-15-20(27-21-18)19-7-4-13-26-19/h1-8,13-15H,9-12,16H2/b14-8+. The summed E-state index contributed by atoms with van der Waals surface area (Å²) in [5.74, 6) is 1.23. The van der Waals surface area contributed by atoms with Crippen molar-refractivity contribution in [1.29, 1.82) is 0 Å². The third-order valence-electron chi connectivity index (χ3n) is 4.63. The van der Waals surface area contributed by atoms with Gasteiger partial charge in [0.05, 0.1) is 12.0 Å². The Balaban J connectivity index is 1.32. The number of hydrogen-bond acceptors (Lipinski definition) is 6. The van der Waals surface area contributed by atoms with E-state index in [0.717, 1.165) is 11.3 Å². The van der Waals surface area contributed by atoms with Crippen LogP contribution in [0.4, 0.5) is 0 Å². The number of furan rings is 1. The predicted octanol–water partition coefficient (Wildman–Crippen LogP) is 3.05. The highest BCUT2D eigenvalue weighted by Crippen LogP contribution is 2.21. The van der Waals surface area contributed by atoms with E-state index in [9.17, 15) is 8.42 Å². The quantitative estimate of drug-likeness (QED) is 0.634. The molecule has 0 amide bonds. The summed E-state index contributed by atoms with van der Waals surface area (Å²) >= 11 is 0. The molecule has 0 atom stereocenters. The molecule has 0 radical (unpaired) electrons. The normalized spacial score (nSPS) is 16.7. The van der Waals surface area contributed by atoms with Crippen LogP contribution in [0.1, 0.15) is 11.3 Å². The summed E-state index contributed by atoms with van der Waals surface area (Å²) in [5, 5.41) is 5.36. The van der Waals surface area contributed by atoms with Crippen molar-refractivity contribution in [3.63, 3.8) is 0 Å². The van der Waals surface area contributed by atoms with Gasteiger partial charge in [-0.05, 0) is 23.8 Å². The van der Waals surface area contributed by atoms with Crippen LogP contribution in [-0.2, 0) is 16.6 Å². The fourth-order valence-electron chi connectivity index (χ4n) is 3.11. The van der Waals surface area contributed by atoms with Crippen molar-refractivity contribution in [2.75, 3.05) is 26.2 Å². The minimum absolute atomic E-state index is 0.449. The van der Waals surface area contributed by atoms with Gasteiger partial charge in [0.1, 0.15) is 0 Å². The Kier molecular flexibility index (Phi) is 5.43. The molecule has 0 N–H and O–H groups in total. The molecule has 0 saturated carbocycles. The van der Waals surface area contributed by atoms with Crippen LogP contribution in [0, 0.1) is 0 Å². The molecule has 4 rings (SSSR count). The Bertz CT molecular complexity index is 1020. The lowest BCUT2D eigenvalue weighted by atomic mass is 10.2. The van der Waals surface area contributed by atoms with Crippen LogP contribution in [-0.4, -0.2) is 49.0 Å². The molecule has 1 aliphatic heterocycles. The highest BCUT2D eigenvalue weighted by Gasteiger charge is 2.25. The van der Waals surface area contributed by atoms with Gasteiger partial charge in [-0.15, -0.1) is 0 Å². The largest absolute Gasteiger partial charge is 0.461 e. The van der Waals surface area contributed by atoms with Crippen molar-refractivity contribution in [3.05, 3.63) is 71.5 Å². The van der Waals surface area contributed by atoms with E-state index in [-0.39, 0.29) is 0 Å². The minimum Gasteiger partial charge on any atom is -0.461 e. The van der Waals surface area contributed by atoms with Crippen LogP contribution >= 0.6 is 0 Å². The Morgan fingerprint density at radius 1 is 1.00 bits per heavy atom. The second-order valence-corrected chi connectivity index (χ2v) is 8.41. The second kappa shape index (κ2) is 8.14. The summed E-state index contributed by atoms with van der Waals surface area (Å²) < 4.78 is 37.2. The Morgan fingerprint density at radius 3 is 2.50 bits per heavy atom. The van der Waals surface area contributed by atoms with Crippen LogP contribution in [0.15, 0.2) is 69.1 Å². The first-order valence-electron chi connectivity index (χ1n) is 9.05. The lowest BCUT2D eigenvalue weighted by Gasteiger charge is -2.32. The number of piperazine rings is 1. The summed E-state index contributed by atoms with van der Waals surface area (Å²) in [6, 6.07) is 14.9. The van der Waals surface area contributed by atoms with Gasteiger partial charge in [0.15, 0.2) is 5.76 Å². The van der Waals surface area contributed by atoms with E-state index in [1.54, 1.807) is 18.4 Å². The summed E-state index contributed by atoms with van der Waals surface area (Å²) in [4.78, 5) is 2.16. The lowest BCUT2D eigenvalue weighted by molar-refractivity contribution is 0.179. The molecule has 0 aliphatic carbocycles. The van der Waals surface area contributed by atoms with E-state index in [1.807, 2.05) is 42.5 Å². The molecule has 0 unspecified atom stereocenters. The molecule has 1 fully saturated rings. The van der Waals surface area contributed by atoms with Crippen molar-refractivity contribution in [2.45, 2.75) is 6.54 Å². The zero-order valence-corrected chi connectivity index (χ0v) is 16.1. The van der Waals surface area contributed by atoms with Crippen molar-refractivity contribution in [1.82, 2.24) is 14.4 Å². The van der Waals surface area contributed by atoms with E-state index in [1.165, 1.54) is 9.71 Å². The number of benzene rings is 1. The molecule has 1 aliphatic rings. The smallest absolute Gasteiger partial charge is 0.236 e. The molecule has 1 aromatic carbocycles. The van der Waals surface area contributed by atoms with Crippen LogP contribution in [0.2, 0.25) is 0 Å². The predicted molar refractivity (Wildman–Crippen MR) is 105 cm³/mol. The first-order valence-corrected chi connectivity index (χ1v) is 10.6. The Morgan fingerprint density at radius 2 is 1.79 bits per heavy atom. The van der Waals surface area contributed by atoms with Crippen molar-refractivity contribution < 1.29 is 17.4 Å². The summed E-state index contributed by atoms with van der Waals surface area (Å²) in [6.45, 7) is 2.79. The Hall–Kier alpha value is -2.68.